The van der Waals surface area contributed by atoms with Gasteiger partial charge in [0.15, 0.2) is 5.82 Å². The summed E-state index contributed by atoms with van der Waals surface area (Å²) in [5.41, 5.74) is 4.13. The topological polar surface area (TPSA) is 84.2 Å². The van der Waals surface area contributed by atoms with E-state index in [0.29, 0.717) is 6.54 Å². The molecule has 0 saturated carbocycles. The molecule has 0 atom stereocenters. The van der Waals surface area contributed by atoms with Gasteiger partial charge in [0.05, 0.1) is 12.2 Å². The average Bonchev–Trinajstić information content (AvgIpc) is 2.38. The Morgan fingerprint density at radius 3 is 2.58 bits per heavy atom. The molecule has 0 unspecified atom stereocenters. The number of nitrogen functional groups attached to an aromatic ring is 1. The normalized spacial score (nSPS) is 10.1. The molecule has 0 radical (unpaired) electrons. The zero-order valence-electron chi connectivity index (χ0n) is 10.4. The van der Waals surface area contributed by atoms with Crippen LogP contribution in [0.4, 0.5) is 14.5 Å². The van der Waals surface area contributed by atoms with E-state index in [9.17, 15) is 18.4 Å². The van der Waals surface area contributed by atoms with E-state index < -0.39 is 29.0 Å². The van der Waals surface area contributed by atoms with Crippen molar-refractivity contribution in [1.29, 1.82) is 0 Å². The standard InChI is InChI=1S/C12H15F2N3O2/c1-2-5-16-9(18)6-17-12(19)10-7(13)3-4-8(15)11(10)14/h3-4H,2,5-6,15H2,1H3,(H,16,18)(H,17,19). The molecule has 4 N–H and O–H groups in total. The number of nitrogens with two attached hydrogens (primary N) is 1. The molecule has 0 heterocycles. The molecule has 19 heavy (non-hydrogen) atoms. The molecule has 0 fully saturated rings. The monoisotopic (exact) mass is 271 g/mol. The second-order valence-electron chi connectivity index (χ2n) is 3.86. The van der Waals surface area contributed by atoms with Gasteiger partial charge >= 0.3 is 0 Å². The van der Waals surface area contributed by atoms with Crippen LogP contribution >= 0.6 is 0 Å². The Hall–Kier alpha value is -2.18. The highest BCUT2D eigenvalue weighted by Crippen LogP contribution is 2.18. The van der Waals surface area contributed by atoms with Gasteiger partial charge in [-0.05, 0) is 18.6 Å². The molecule has 1 aromatic rings. The number of carbonyl (C=O) groups excluding carboxylic acids is 2. The lowest BCUT2D eigenvalue weighted by molar-refractivity contribution is -0.120. The van der Waals surface area contributed by atoms with Gasteiger partial charge < -0.3 is 16.4 Å². The van der Waals surface area contributed by atoms with Crippen LogP contribution in [0.5, 0.6) is 0 Å². The smallest absolute Gasteiger partial charge is 0.257 e. The van der Waals surface area contributed by atoms with E-state index in [1.165, 1.54) is 0 Å². The predicted octanol–water partition coefficient (Wildman–Crippen LogP) is 0.803. The maximum atomic E-state index is 13.5. The van der Waals surface area contributed by atoms with Gasteiger partial charge in [0, 0.05) is 6.54 Å². The third-order valence-corrected chi connectivity index (χ3v) is 2.33. The van der Waals surface area contributed by atoms with Gasteiger partial charge in [0.1, 0.15) is 11.4 Å². The summed E-state index contributed by atoms with van der Waals surface area (Å²) in [7, 11) is 0. The second kappa shape index (κ2) is 6.67. The van der Waals surface area contributed by atoms with Crippen LogP contribution in [0.2, 0.25) is 0 Å². The van der Waals surface area contributed by atoms with Gasteiger partial charge in [-0.3, -0.25) is 9.59 Å². The fourth-order valence-corrected chi connectivity index (χ4v) is 1.35. The van der Waals surface area contributed by atoms with Gasteiger partial charge in [-0.25, -0.2) is 8.78 Å². The van der Waals surface area contributed by atoms with E-state index in [0.717, 1.165) is 18.6 Å². The molecular formula is C12H15F2N3O2. The summed E-state index contributed by atoms with van der Waals surface area (Å²) in [5, 5.41) is 4.64. The van der Waals surface area contributed by atoms with Gasteiger partial charge in [-0.15, -0.1) is 0 Å². The first-order chi connectivity index (χ1) is 8.97. The Labute approximate surface area is 109 Å². The van der Waals surface area contributed by atoms with Crippen molar-refractivity contribution in [1.82, 2.24) is 10.6 Å². The molecule has 0 aliphatic heterocycles. The van der Waals surface area contributed by atoms with Crippen molar-refractivity contribution in [3.63, 3.8) is 0 Å². The number of benzene rings is 1. The fraction of sp³-hybridized carbons (Fsp3) is 0.333. The molecule has 0 aromatic heterocycles. The molecule has 0 aliphatic rings. The Balaban J connectivity index is 2.69. The first-order valence-corrected chi connectivity index (χ1v) is 5.75. The fourth-order valence-electron chi connectivity index (χ4n) is 1.35. The lowest BCUT2D eigenvalue weighted by Gasteiger charge is -2.08. The number of rotatable bonds is 5. The lowest BCUT2D eigenvalue weighted by Crippen LogP contribution is -2.37. The summed E-state index contributed by atoms with van der Waals surface area (Å²) in [4.78, 5) is 22.8. The SMILES string of the molecule is CCCNC(=O)CNC(=O)c1c(F)ccc(N)c1F. The summed E-state index contributed by atoms with van der Waals surface area (Å²) in [6, 6.07) is 1.92. The van der Waals surface area contributed by atoms with Crippen molar-refractivity contribution in [2.75, 3.05) is 18.8 Å². The Bertz CT molecular complexity index is 492. The van der Waals surface area contributed by atoms with E-state index in [-0.39, 0.29) is 12.2 Å². The summed E-state index contributed by atoms with van der Waals surface area (Å²) in [6.45, 7) is 1.98. The third-order valence-electron chi connectivity index (χ3n) is 2.33. The van der Waals surface area contributed by atoms with E-state index in [4.69, 9.17) is 5.73 Å². The summed E-state index contributed by atoms with van der Waals surface area (Å²) < 4.78 is 26.9. The Morgan fingerprint density at radius 1 is 1.26 bits per heavy atom. The highest BCUT2D eigenvalue weighted by molar-refractivity contribution is 5.97. The molecule has 5 nitrogen and oxygen atoms in total. The van der Waals surface area contributed by atoms with Crippen LogP contribution in [0.15, 0.2) is 12.1 Å². The number of carbonyl (C=O) groups is 2. The highest BCUT2D eigenvalue weighted by Gasteiger charge is 2.19. The molecule has 0 bridgehead atoms. The van der Waals surface area contributed by atoms with Crippen molar-refractivity contribution in [2.24, 2.45) is 0 Å². The summed E-state index contributed by atoms with van der Waals surface area (Å²) in [6.07, 6.45) is 0.748. The van der Waals surface area contributed by atoms with Crippen LogP contribution in [0.1, 0.15) is 23.7 Å². The van der Waals surface area contributed by atoms with Crippen LogP contribution in [0.3, 0.4) is 0 Å². The maximum Gasteiger partial charge on any atom is 0.257 e. The first kappa shape index (κ1) is 14.9. The van der Waals surface area contributed by atoms with Gasteiger partial charge in [0.25, 0.3) is 5.91 Å². The van der Waals surface area contributed by atoms with Gasteiger partial charge in [-0.2, -0.15) is 0 Å². The summed E-state index contributed by atoms with van der Waals surface area (Å²) >= 11 is 0. The van der Waals surface area contributed by atoms with Crippen molar-refractivity contribution < 1.29 is 18.4 Å². The average molecular weight is 271 g/mol. The van der Waals surface area contributed by atoms with Crippen molar-refractivity contribution in [3.05, 3.63) is 29.3 Å². The number of amides is 2. The number of nitrogens with one attached hydrogen (secondary N) is 2. The van der Waals surface area contributed by atoms with Crippen LogP contribution in [-0.2, 0) is 4.79 Å². The third kappa shape index (κ3) is 3.90. The van der Waals surface area contributed by atoms with Gasteiger partial charge in [-0.1, -0.05) is 6.92 Å². The zero-order chi connectivity index (χ0) is 14.4. The predicted molar refractivity (Wildman–Crippen MR) is 66.4 cm³/mol. The van der Waals surface area contributed by atoms with Crippen LogP contribution < -0.4 is 16.4 Å². The maximum absolute atomic E-state index is 13.5. The van der Waals surface area contributed by atoms with Gasteiger partial charge in [0.2, 0.25) is 5.91 Å². The summed E-state index contributed by atoms with van der Waals surface area (Å²) in [5.74, 6) is -3.61. The number of halogens is 2. The van der Waals surface area contributed by atoms with Crippen molar-refractivity contribution in [2.45, 2.75) is 13.3 Å². The molecule has 0 aliphatic carbocycles. The quantitative estimate of drug-likeness (QED) is 0.693. The molecule has 0 saturated heterocycles. The molecular weight excluding hydrogens is 256 g/mol. The van der Waals surface area contributed by atoms with E-state index >= 15 is 0 Å². The minimum atomic E-state index is -1.13. The largest absolute Gasteiger partial charge is 0.396 e. The Morgan fingerprint density at radius 2 is 1.95 bits per heavy atom. The number of anilines is 1. The lowest BCUT2D eigenvalue weighted by atomic mass is 10.1. The Kier molecular flexibility index (Phi) is 5.23. The minimum Gasteiger partial charge on any atom is -0.396 e. The van der Waals surface area contributed by atoms with E-state index in [1.807, 2.05) is 6.92 Å². The van der Waals surface area contributed by atoms with Crippen LogP contribution in [0.25, 0.3) is 0 Å². The number of hydrogen-bond donors (Lipinski definition) is 3. The van der Waals surface area contributed by atoms with Crippen LogP contribution in [0, 0.1) is 11.6 Å². The van der Waals surface area contributed by atoms with Crippen molar-refractivity contribution >= 4 is 17.5 Å². The number of hydrogen-bond acceptors (Lipinski definition) is 3. The van der Waals surface area contributed by atoms with Crippen LogP contribution in [-0.4, -0.2) is 24.9 Å². The molecule has 0 spiro atoms. The molecule has 1 rings (SSSR count). The van der Waals surface area contributed by atoms with E-state index in [2.05, 4.69) is 10.6 Å². The van der Waals surface area contributed by atoms with E-state index in [1.54, 1.807) is 0 Å². The van der Waals surface area contributed by atoms with Crippen molar-refractivity contribution in [3.8, 4) is 0 Å². The molecule has 1 aromatic carbocycles. The molecule has 2 amide bonds. The molecule has 104 valence electrons. The first-order valence-electron chi connectivity index (χ1n) is 5.75. The minimum absolute atomic E-state index is 0.331. The zero-order valence-corrected chi connectivity index (χ0v) is 10.4. The molecule has 7 heteroatoms. The highest BCUT2D eigenvalue weighted by atomic mass is 19.1. The second-order valence-corrected chi connectivity index (χ2v) is 3.86.